The van der Waals surface area contributed by atoms with E-state index < -0.39 is 16.6 Å². The quantitative estimate of drug-likeness (QED) is 0.294. The SMILES string of the molecule is C[C@]12CC[C@H]3[C@@H](CC=C4C[C@@H](O[Si](C)(C)C)CC[C@@]43C)[C@@H]1CC[C@@H]2CCO[Si](C)(C)C. The smallest absolute Gasteiger partial charge is 0.184 e. The van der Waals surface area contributed by atoms with Crippen molar-refractivity contribution in [3.8, 4) is 0 Å². The minimum absolute atomic E-state index is 0.447. The monoisotopic (exact) mass is 462 g/mol. The van der Waals surface area contributed by atoms with E-state index in [2.05, 4.69) is 59.2 Å². The van der Waals surface area contributed by atoms with Crippen molar-refractivity contribution in [3.05, 3.63) is 11.6 Å². The summed E-state index contributed by atoms with van der Waals surface area (Å²) in [6.45, 7) is 20.3. The molecule has 0 radical (unpaired) electrons. The van der Waals surface area contributed by atoms with E-state index in [0.717, 1.165) is 30.3 Å². The van der Waals surface area contributed by atoms with E-state index in [1.165, 1.54) is 57.8 Å². The Hall–Kier alpha value is 0.0938. The maximum absolute atomic E-state index is 6.56. The highest BCUT2D eigenvalue weighted by Crippen LogP contribution is 2.66. The molecule has 4 aliphatic rings. The van der Waals surface area contributed by atoms with Crippen molar-refractivity contribution in [1.82, 2.24) is 0 Å². The molecule has 178 valence electrons. The second kappa shape index (κ2) is 8.39. The van der Waals surface area contributed by atoms with Gasteiger partial charge in [0.25, 0.3) is 0 Å². The summed E-state index contributed by atoms with van der Waals surface area (Å²) < 4.78 is 12.8. The fraction of sp³-hybridized carbons (Fsp3) is 0.926. The van der Waals surface area contributed by atoms with Crippen LogP contribution in [0.25, 0.3) is 0 Å². The molecular formula is C27H50O2Si2. The first kappa shape index (κ1) is 24.2. The zero-order valence-corrected chi connectivity index (χ0v) is 23.9. The number of allylic oxidation sites excluding steroid dienone is 1. The maximum atomic E-state index is 6.56. The Labute approximate surface area is 195 Å². The van der Waals surface area contributed by atoms with Crippen molar-refractivity contribution in [3.63, 3.8) is 0 Å². The predicted molar refractivity (Wildman–Crippen MR) is 137 cm³/mol. The molecule has 0 aromatic rings. The second-order valence-electron chi connectivity index (χ2n) is 13.9. The Kier molecular flexibility index (Phi) is 6.56. The standard InChI is InChI=1S/C27H50O2Si2/c1-26-17-14-25-23(24(26)12-10-20(26)15-18-28-30(3,4)5)11-9-21-19-22(29-31(6,7)8)13-16-27(21,25)2/h9,20,22-25H,10-19H2,1-8H3/t20-,22+,23+,24+,25+,26-,27+/m1/s1. The van der Waals surface area contributed by atoms with Crippen LogP contribution in [-0.2, 0) is 8.85 Å². The van der Waals surface area contributed by atoms with Crippen LogP contribution in [0.2, 0.25) is 39.3 Å². The minimum Gasteiger partial charge on any atom is -0.418 e. The lowest BCUT2D eigenvalue weighted by Gasteiger charge is -2.58. The molecule has 3 saturated carbocycles. The summed E-state index contributed by atoms with van der Waals surface area (Å²) in [6.07, 6.45) is 15.5. The molecule has 0 aromatic heterocycles. The molecule has 4 aliphatic carbocycles. The molecule has 0 heterocycles. The molecule has 0 N–H and O–H groups in total. The van der Waals surface area contributed by atoms with Crippen LogP contribution in [0, 0.1) is 34.5 Å². The fourth-order valence-corrected chi connectivity index (χ4v) is 10.2. The van der Waals surface area contributed by atoms with E-state index in [1.807, 2.05) is 0 Å². The van der Waals surface area contributed by atoms with Gasteiger partial charge in [0.15, 0.2) is 16.6 Å². The van der Waals surface area contributed by atoms with Gasteiger partial charge in [-0.3, -0.25) is 0 Å². The number of fused-ring (bicyclic) bond motifs is 5. The first-order valence-corrected chi connectivity index (χ1v) is 20.1. The Morgan fingerprint density at radius 1 is 0.903 bits per heavy atom. The van der Waals surface area contributed by atoms with Gasteiger partial charge in [-0.1, -0.05) is 25.5 Å². The highest BCUT2D eigenvalue weighted by molar-refractivity contribution is 6.70. The third-order valence-corrected chi connectivity index (χ3v) is 11.9. The van der Waals surface area contributed by atoms with E-state index >= 15 is 0 Å². The molecule has 3 fully saturated rings. The molecule has 4 rings (SSSR count). The average Bonchev–Trinajstić information content (AvgIpc) is 2.96. The predicted octanol–water partition coefficient (Wildman–Crippen LogP) is 8.03. The van der Waals surface area contributed by atoms with E-state index in [1.54, 1.807) is 5.57 Å². The summed E-state index contributed by atoms with van der Waals surface area (Å²) >= 11 is 0. The van der Waals surface area contributed by atoms with Crippen molar-refractivity contribution in [2.45, 2.75) is 117 Å². The van der Waals surface area contributed by atoms with Crippen LogP contribution in [0.5, 0.6) is 0 Å². The van der Waals surface area contributed by atoms with Gasteiger partial charge in [-0.05, 0) is 132 Å². The Morgan fingerprint density at radius 2 is 1.65 bits per heavy atom. The van der Waals surface area contributed by atoms with Crippen molar-refractivity contribution in [1.29, 1.82) is 0 Å². The van der Waals surface area contributed by atoms with Gasteiger partial charge >= 0.3 is 0 Å². The van der Waals surface area contributed by atoms with Gasteiger partial charge in [0, 0.05) is 12.7 Å². The minimum atomic E-state index is -1.45. The Morgan fingerprint density at radius 3 is 2.32 bits per heavy atom. The van der Waals surface area contributed by atoms with Crippen LogP contribution >= 0.6 is 0 Å². The molecule has 0 amide bonds. The summed E-state index contributed by atoms with van der Waals surface area (Å²) in [5.74, 6) is 3.66. The zero-order chi connectivity index (χ0) is 22.7. The number of rotatable bonds is 6. The van der Waals surface area contributed by atoms with Crippen LogP contribution in [0.1, 0.15) is 71.6 Å². The highest BCUT2D eigenvalue weighted by Gasteiger charge is 2.58. The van der Waals surface area contributed by atoms with Gasteiger partial charge in [0.2, 0.25) is 0 Å². The topological polar surface area (TPSA) is 18.5 Å². The van der Waals surface area contributed by atoms with Gasteiger partial charge in [-0.15, -0.1) is 0 Å². The van der Waals surface area contributed by atoms with Gasteiger partial charge in [-0.25, -0.2) is 0 Å². The lowest BCUT2D eigenvalue weighted by atomic mass is 9.47. The molecule has 0 saturated heterocycles. The van der Waals surface area contributed by atoms with Crippen molar-refractivity contribution >= 4 is 16.6 Å². The molecule has 0 aromatic carbocycles. The van der Waals surface area contributed by atoms with Gasteiger partial charge < -0.3 is 8.85 Å². The van der Waals surface area contributed by atoms with E-state index in [4.69, 9.17) is 8.85 Å². The van der Waals surface area contributed by atoms with Gasteiger partial charge in [0.1, 0.15) is 0 Å². The molecule has 4 heteroatoms. The summed E-state index contributed by atoms with van der Waals surface area (Å²) in [6, 6.07) is 0. The second-order valence-corrected chi connectivity index (χ2v) is 22.9. The molecule has 2 nitrogen and oxygen atoms in total. The van der Waals surface area contributed by atoms with Crippen LogP contribution in [0.4, 0.5) is 0 Å². The molecular weight excluding hydrogens is 412 g/mol. The van der Waals surface area contributed by atoms with Crippen molar-refractivity contribution < 1.29 is 8.85 Å². The molecule has 0 spiro atoms. The first-order chi connectivity index (χ1) is 14.3. The third kappa shape index (κ3) is 4.83. The number of hydrogen-bond acceptors (Lipinski definition) is 2. The normalized spacial score (nSPS) is 43.1. The lowest BCUT2D eigenvalue weighted by molar-refractivity contribution is -0.0507. The van der Waals surface area contributed by atoms with E-state index in [9.17, 15) is 0 Å². The molecule has 0 aliphatic heterocycles. The zero-order valence-electron chi connectivity index (χ0n) is 21.9. The van der Waals surface area contributed by atoms with Gasteiger partial charge in [-0.2, -0.15) is 0 Å². The van der Waals surface area contributed by atoms with E-state index in [-0.39, 0.29) is 0 Å². The molecule has 7 atom stereocenters. The summed E-state index contributed by atoms with van der Waals surface area (Å²) in [5.41, 5.74) is 2.77. The maximum Gasteiger partial charge on any atom is 0.184 e. The van der Waals surface area contributed by atoms with Crippen LogP contribution < -0.4 is 0 Å². The van der Waals surface area contributed by atoms with E-state index in [0.29, 0.717) is 16.9 Å². The van der Waals surface area contributed by atoms with Crippen LogP contribution in [0.3, 0.4) is 0 Å². The van der Waals surface area contributed by atoms with Crippen molar-refractivity contribution in [2.75, 3.05) is 6.61 Å². The van der Waals surface area contributed by atoms with Crippen LogP contribution in [0.15, 0.2) is 11.6 Å². The summed E-state index contributed by atoms with van der Waals surface area (Å²) in [4.78, 5) is 0. The summed E-state index contributed by atoms with van der Waals surface area (Å²) in [5, 5.41) is 0. The molecule has 0 bridgehead atoms. The fourth-order valence-electron chi connectivity index (χ4n) is 8.32. The van der Waals surface area contributed by atoms with Crippen LogP contribution in [-0.4, -0.2) is 29.3 Å². The first-order valence-electron chi connectivity index (χ1n) is 13.3. The third-order valence-electron chi connectivity index (χ3n) is 9.78. The average molecular weight is 463 g/mol. The van der Waals surface area contributed by atoms with Crippen molar-refractivity contribution in [2.24, 2.45) is 34.5 Å². The lowest BCUT2D eigenvalue weighted by Crippen LogP contribution is -2.51. The highest BCUT2D eigenvalue weighted by atomic mass is 28.4. The Bertz CT molecular complexity index is 690. The largest absolute Gasteiger partial charge is 0.418 e. The van der Waals surface area contributed by atoms with Gasteiger partial charge in [0.05, 0.1) is 0 Å². The molecule has 31 heavy (non-hydrogen) atoms. The molecule has 0 unspecified atom stereocenters. The summed E-state index contributed by atoms with van der Waals surface area (Å²) in [7, 11) is -2.84. The Balaban J connectivity index is 1.45. The number of hydrogen-bond donors (Lipinski definition) is 0.